The molecule has 0 radical (unpaired) electrons. The van der Waals surface area contributed by atoms with Gasteiger partial charge in [-0.3, -0.25) is 9.71 Å². The van der Waals surface area contributed by atoms with E-state index in [0.717, 1.165) is 12.3 Å². The summed E-state index contributed by atoms with van der Waals surface area (Å²) >= 11 is 11.7. The molecule has 3 rings (SSSR count). The Labute approximate surface area is 175 Å². The van der Waals surface area contributed by atoms with E-state index < -0.39 is 21.8 Å². The number of halogens is 5. The Balaban J connectivity index is 1.73. The molecule has 10 heteroatoms. The molecule has 0 bridgehead atoms. The second-order valence-electron chi connectivity index (χ2n) is 6.08. The van der Waals surface area contributed by atoms with Gasteiger partial charge in [0.2, 0.25) is 0 Å². The lowest BCUT2D eigenvalue weighted by molar-refractivity contribution is -0.137. The van der Waals surface area contributed by atoms with Gasteiger partial charge in [0, 0.05) is 23.3 Å². The monoisotopic (exact) mass is 460 g/mol. The van der Waals surface area contributed by atoms with E-state index in [1.54, 1.807) is 24.3 Å². The van der Waals surface area contributed by atoms with Crippen molar-refractivity contribution < 1.29 is 21.6 Å². The Kier molecular flexibility index (Phi) is 6.07. The predicted octanol–water partition coefficient (Wildman–Crippen LogP) is 5.80. The average Bonchev–Trinajstić information content (AvgIpc) is 2.64. The zero-order valence-electron chi connectivity index (χ0n) is 14.5. The second-order valence-corrected chi connectivity index (χ2v) is 8.61. The Hall–Kier alpha value is -2.29. The van der Waals surface area contributed by atoms with Gasteiger partial charge in [-0.25, -0.2) is 8.42 Å². The van der Waals surface area contributed by atoms with Gasteiger partial charge in [0.15, 0.2) is 0 Å². The van der Waals surface area contributed by atoms with Crippen molar-refractivity contribution >= 4 is 38.9 Å². The molecule has 0 amide bonds. The van der Waals surface area contributed by atoms with E-state index in [1.165, 1.54) is 24.3 Å². The molecule has 0 saturated carbocycles. The Morgan fingerprint density at radius 1 is 0.966 bits per heavy atom. The minimum absolute atomic E-state index is 0.0618. The standard InChI is InChI=1S/C19H13Cl2F3N2O2S/c20-14-3-7-16(8-4-14)29(27,28)26-15-5-1-12(2-6-15)9-18-17(21)10-13(11-25-18)19(22,23)24/h1-8,10-11,26H,9H2. The molecule has 1 N–H and O–H groups in total. The maximum Gasteiger partial charge on any atom is 0.417 e. The zero-order valence-corrected chi connectivity index (χ0v) is 16.9. The van der Waals surface area contributed by atoms with Crippen LogP contribution in [-0.4, -0.2) is 13.4 Å². The first-order valence-electron chi connectivity index (χ1n) is 8.13. The molecule has 1 aromatic heterocycles. The molecule has 0 atom stereocenters. The molecule has 0 saturated heterocycles. The number of benzene rings is 2. The van der Waals surface area contributed by atoms with E-state index in [-0.39, 0.29) is 22.0 Å². The van der Waals surface area contributed by atoms with Crippen LogP contribution in [0.5, 0.6) is 0 Å². The fourth-order valence-corrected chi connectivity index (χ4v) is 3.88. The minimum atomic E-state index is -4.52. The summed E-state index contributed by atoms with van der Waals surface area (Å²) in [4.78, 5) is 3.86. The third-order valence-corrected chi connectivity index (χ3v) is 5.92. The summed E-state index contributed by atoms with van der Waals surface area (Å²) in [5, 5.41) is 0.330. The number of anilines is 1. The van der Waals surface area contributed by atoms with Crippen molar-refractivity contribution in [2.45, 2.75) is 17.5 Å². The van der Waals surface area contributed by atoms with Gasteiger partial charge in [-0.15, -0.1) is 0 Å². The molecule has 0 unspecified atom stereocenters. The third kappa shape index (κ3) is 5.41. The number of pyridine rings is 1. The van der Waals surface area contributed by atoms with Crippen molar-refractivity contribution in [2.75, 3.05) is 4.72 Å². The smallest absolute Gasteiger partial charge is 0.280 e. The van der Waals surface area contributed by atoms with Crippen molar-refractivity contribution in [3.05, 3.63) is 87.7 Å². The molecule has 3 aromatic rings. The normalized spacial score (nSPS) is 12.0. The van der Waals surface area contributed by atoms with Crippen LogP contribution in [0.2, 0.25) is 10.0 Å². The van der Waals surface area contributed by atoms with E-state index in [9.17, 15) is 21.6 Å². The van der Waals surface area contributed by atoms with Crippen LogP contribution >= 0.6 is 23.2 Å². The first-order chi connectivity index (χ1) is 13.5. The van der Waals surface area contributed by atoms with Crippen LogP contribution in [0, 0.1) is 0 Å². The Bertz CT molecular complexity index is 1120. The highest BCUT2D eigenvalue weighted by atomic mass is 35.5. The van der Waals surface area contributed by atoms with Gasteiger partial charge in [-0.05, 0) is 48.0 Å². The first kappa shape index (κ1) is 21.4. The lowest BCUT2D eigenvalue weighted by atomic mass is 10.1. The fourth-order valence-electron chi connectivity index (χ4n) is 2.46. The fraction of sp³-hybridized carbons (Fsp3) is 0.105. The van der Waals surface area contributed by atoms with Crippen LogP contribution in [0.3, 0.4) is 0 Å². The summed E-state index contributed by atoms with van der Waals surface area (Å²) in [7, 11) is -3.78. The van der Waals surface area contributed by atoms with Gasteiger partial charge in [0.1, 0.15) is 0 Å². The van der Waals surface area contributed by atoms with Crippen LogP contribution in [0.1, 0.15) is 16.8 Å². The molecule has 4 nitrogen and oxygen atoms in total. The highest BCUT2D eigenvalue weighted by Crippen LogP contribution is 2.31. The summed E-state index contributed by atoms with van der Waals surface area (Å²) in [6.45, 7) is 0. The molecule has 0 aliphatic heterocycles. The number of nitrogens with one attached hydrogen (secondary N) is 1. The minimum Gasteiger partial charge on any atom is -0.280 e. The Morgan fingerprint density at radius 2 is 1.59 bits per heavy atom. The molecule has 152 valence electrons. The summed E-state index contributed by atoms with van der Waals surface area (Å²) in [5.74, 6) is 0. The highest BCUT2D eigenvalue weighted by Gasteiger charge is 2.31. The van der Waals surface area contributed by atoms with Crippen molar-refractivity contribution in [3.63, 3.8) is 0 Å². The lowest BCUT2D eigenvalue weighted by Crippen LogP contribution is -2.12. The van der Waals surface area contributed by atoms with Crippen LogP contribution in [0.25, 0.3) is 0 Å². The molecule has 2 aromatic carbocycles. The summed E-state index contributed by atoms with van der Waals surface area (Å²) in [5.41, 5.74) is 0.399. The van der Waals surface area contributed by atoms with Crippen molar-refractivity contribution in [3.8, 4) is 0 Å². The van der Waals surface area contributed by atoms with Gasteiger partial charge in [-0.2, -0.15) is 13.2 Å². The average molecular weight is 461 g/mol. The molecule has 0 aliphatic carbocycles. The predicted molar refractivity (Wildman–Crippen MR) is 106 cm³/mol. The molecule has 0 aliphatic rings. The van der Waals surface area contributed by atoms with Crippen LogP contribution in [0.15, 0.2) is 65.7 Å². The Morgan fingerprint density at radius 3 is 2.14 bits per heavy atom. The third-order valence-electron chi connectivity index (χ3n) is 3.95. The lowest BCUT2D eigenvalue weighted by Gasteiger charge is -2.11. The van der Waals surface area contributed by atoms with E-state index in [2.05, 4.69) is 9.71 Å². The first-order valence-corrected chi connectivity index (χ1v) is 10.4. The van der Waals surface area contributed by atoms with Crippen LogP contribution in [0.4, 0.5) is 18.9 Å². The SMILES string of the molecule is O=S(=O)(Nc1ccc(Cc2ncc(C(F)(F)F)cc2Cl)cc1)c1ccc(Cl)cc1. The summed E-state index contributed by atoms with van der Waals surface area (Å²) in [6, 6.07) is 12.9. The van der Waals surface area contributed by atoms with Crippen molar-refractivity contribution in [2.24, 2.45) is 0 Å². The number of rotatable bonds is 5. The maximum atomic E-state index is 12.7. The van der Waals surface area contributed by atoms with E-state index in [4.69, 9.17) is 23.2 Å². The topological polar surface area (TPSA) is 59.1 Å². The van der Waals surface area contributed by atoms with E-state index in [1.807, 2.05) is 0 Å². The molecule has 0 fully saturated rings. The van der Waals surface area contributed by atoms with Crippen molar-refractivity contribution in [1.82, 2.24) is 4.98 Å². The second kappa shape index (κ2) is 8.22. The number of hydrogen-bond acceptors (Lipinski definition) is 3. The van der Waals surface area contributed by atoms with Gasteiger partial charge in [0.05, 0.1) is 21.2 Å². The van der Waals surface area contributed by atoms with Crippen molar-refractivity contribution in [1.29, 1.82) is 0 Å². The van der Waals surface area contributed by atoms with Gasteiger partial charge in [-0.1, -0.05) is 35.3 Å². The molecule has 1 heterocycles. The number of alkyl halides is 3. The molecular formula is C19H13Cl2F3N2O2S. The van der Waals surface area contributed by atoms with Crippen LogP contribution < -0.4 is 4.72 Å². The maximum absolute atomic E-state index is 12.7. The van der Waals surface area contributed by atoms with E-state index in [0.29, 0.717) is 16.3 Å². The summed E-state index contributed by atoms with van der Waals surface area (Å²) < 4.78 is 65.3. The molecule has 29 heavy (non-hydrogen) atoms. The number of hydrogen-bond donors (Lipinski definition) is 1. The number of sulfonamides is 1. The van der Waals surface area contributed by atoms with Gasteiger partial charge >= 0.3 is 6.18 Å². The summed E-state index contributed by atoms with van der Waals surface area (Å²) in [6.07, 6.45) is -3.59. The molecular weight excluding hydrogens is 448 g/mol. The molecule has 0 spiro atoms. The largest absolute Gasteiger partial charge is 0.417 e. The van der Waals surface area contributed by atoms with Gasteiger partial charge in [0.25, 0.3) is 10.0 Å². The zero-order chi connectivity index (χ0) is 21.2. The van der Waals surface area contributed by atoms with Crippen LogP contribution in [-0.2, 0) is 22.6 Å². The number of nitrogens with zero attached hydrogens (tertiary/aromatic N) is 1. The van der Waals surface area contributed by atoms with Gasteiger partial charge < -0.3 is 0 Å². The quantitative estimate of drug-likeness (QED) is 0.523. The number of aromatic nitrogens is 1. The highest BCUT2D eigenvalue weighted by molar-refractivity contribution is 7.92. The van der Waals surface area contributed by atoms with E-state index >= 15 is 0 Å².